The number of benzene rings is 1. The molecule has 2 aromatic rings. The lowest BCUT2D eigenvalue weighted by Gasteiger charge is -2.12. The van der Waals surface area contributed by atoms with Crippen LogP contribution in [0.15, 0.2) is 30.6 Å². The zero-order valence-electron chi connectivity index (χ0n) is 14.3. The molecule has 1 amide bonds. The van der Waals surface area contributed by atoms with Gasteiger partial charge in [0.2, 0.25) is 5.95 Å². The Morgan fingerprint density at radius 2 is 1.92 bits per heavy atom. The number of aromatic nitrogens is 2. The SMILES string of the molecule is CCC(C)Nc1ncc(C(=O)Nc2cc(OC)ccc2OC)cn1. The van der Waals surface area contributed by atoms with Crippen molar-refractivity contribution in [1.29, 1.82) is 0 Å². The third kappa shape index (κ3) is 4.34. The van der Waals surface area contributed by atoms with Crippen molar-refractivity contribution in [2.45, 2.75) is 26.3 Å². The molecule has 0 aliphatic rings. The van der Waals surface area contributed by atoms with Crippen molar-refractivity contribution in [2.24, 2.45) is 0 Å². The molecule has 0 radical (unpaired) electrons. The van der Waals surface area contributed by atoms with E-state index in [0.29, 0.717) is 28.7 Å². The summed E-state index contributed by atoms with van der Waals surface area (Å²) in [5, 5.41) is 5.93. The maximum atomic E-state index is 12.4. The Labute approximate surface area is 141 Å². The monoisotopic (exact) mass is 330 g/mol. The van der Waals surface area contributed by atoms with Crippen molar-refractivity contribution in [1.82, 2.24) is 9.97 Å². The fraction of sp³-hybridized carbons (Fsp3) is 0.353. The van der Waals surface area contributed by atoms with E-state index in [1.165, 1.54) is 19.5 Å². The fourth-order valence-corrected chi connectivity index (χ4v) is 1.95. The summed E-state index contributed by atoms with van der Waals surface area (Å²) in [4.78, 5) is 20.7. The smallest absolute Gasteiger partial charge is 0.258 e. The second-order valence-corrected chi connectivity index (χ2v) is 5.27. The Morgan fingerprint density at radius 3 is 2.50 bits per heavy atom. The van der Waals surface area contributed by atoms with Gasteiger partial charge in [-0.05, 0) is 25.5 Å². The third-order valence-electron chi connectivity index (χ3n) is 3.56. The van der Waals surface area contributed by atoms with Crippen LogP contribution in [0.1, 0.15) is 30.6 Å². The number of ether oxygens (including phenoxy) is 2. The van der Waals surface area contributed by atoms with E-state index >= 15 is 0 Å². The van der Waals surface area contributed by atoms with E-state index in [-0.39, 0.29) is 11.9 Å². The lowest BCUT2D eigenvalue weighted by Crippen LogP contribution is -2.17. The molecule has 7 nitrogen and oxygen atoms in total. The van der Waals surface area contributed by atoms with E-state index in [2.05, 4.69) is 27.5 Å². The predicted molar refractivity (Wildman–Crippen MR) is 92.9 cm³/mol. The highest BCUT2D eigenvalue weighted by atomic mass is 16.5. The molecule has 1 aromatic carbocycles. The van der Waals surface area contributed by atoms with Gasteiger partial charge >= 0.3 is 0 Å². The van der Waals surface area contributed by atoms with Gasteiger partial charge in [0.1, 0.15) is 11.5 Å². The Hall–Kier alpha value is -2.83. The number of nitrogens with zero attached hydrogens (tertiary/aromatic N) is 2. The van der Waals surface area contributed by atoms with E-state index in [4.69, 9.17) is 9.47 Å². The second kappa shape index (κ2) is 8.14. The molecule has 1 aromatic heterocycles. The molecule has 0 bridgehead atoms. The fourth-order valence-electron chi connectivity index (χ4n) is 1.95. The van der Waals surface area contributed by atoms with E-state index in [9.17, 15) is 4.79 Å². The standard InChI is InChI=1S/C17H22N4O3/c1-5-11(2)20-17-18-9-12(10-19-17)16(22)21-14-8-13(23-3)6-7-15(14)24-4/h6-11H,5H2,1-4H3,(H,21,22)(H,18,19,20). The van der Waals surface area contributed by atoms with Gasteiger partial charge in [-0.25, -0.2) is 9.97 Å². The van der Waals surface area contributed by atoms with Crippen LogP contribution in [0, 0.1) is 0 Å². The molecule has 2 rings (SSSR count). The molecule has 0 saturated heterocycles. The zero-order chi connectivity index (χ0) is 17.5. The van der Waals surface area contributed by atoms with Gasteiger partial charge in [0.05, 0.1) is 25.5 Å². The number of hydrogen-bond donors (Lipinski definition) is 2. The molecule has 128 valence electrons. The van der Waals surface area contributed by atoms with E-state index in [1.807, 2.05) is 6.92 Å². The van der Waals surface area contributed by atoms with Crippen molar-refractivity contribution >= 4 is 17.5 Å². The maximum absolute atomic E-state index is 12.4. The van der Waals surface area contributed by atoms with Crippen LogP contribution < -0.4 is 20.1 Å². The molecular weight excluding hydrogens is 308 g/mol. The number of methoxy groups -OCH3 is 2. The summed E-state index contributed by atoms with van der Waals surface area (Å²) >= 11 is 0. The molecule has 1 atom stereocenters. The van der Waals surface area contributed by atoms with Crippen molar-refractivity contribution in [3.8, 4) is 11.5 Å². The number of hydrogen-bond acceptors (Lipinski definition) is 6. The van der Waals surface area contributed by atoms with Gasteiger partial charge in [0, 0.05) is 24.5 Å². The van der Waals surface area contributed by atoms with E-state index in [1.54, 1.807) is 25.3 Å². The van der Waals surface area contributed by atoms with Crippen LogP contribution in [-0.4, -0.2) is 36.1 Å². The van der Waals surface area contributed by atoms with Crippen molar-refractivity contribution < 1.29 is 14.3 Å². The average Bonchev–Trinajstić information content (AvgIpc) is 2.62. The van der Waals surface area contributed by atoms with Gasteiger partial charge in [-0.2, -0.15) is 0 Å². The number of rotatable bonds is 7. The molecule has 7 heteroatoms. The minimum absolute atomic E-state index is 0.269. The zero-order valence-corrected chi connectivity index (χ0v) is 14.3. The molecule has 1 unspecified atom stereocenters. The lowest BCUT2D eigenvalue weighted by atomic mass is 10.2. The highest BCUT2D eigenvalue weighted by Crippen LogP contribution is 2.29. The van der Waals surface area contributed by atoms with Gasteiger partial charge in [0.25, 0.3) is 5.91 Å². The first-order chi connectivity index (χ1) is 11.6. The molecule has 0 aliphatic heterocycles. The van der Waals surface area contributed by atoms with Gasteiger partial charge in [-0.3, -0.25) is 4.79 Å². The molecule has 0 spiro atoms. The van der Waals surface area contributed by atoms with Crippen LogP contribution in [0.5, 0.6) is 11.5 Å². The minimum Gasteiger partial charge on any atom is -0.497 e. The Balaban J connectivity index is 2.12. The highest BCUT2D eigenvalue weighted by molar-refractivity contribution is 6.04. The lowest BCUT2D eigenvalue weighted by molar-refractivity contribution is 0.102. The molecule has 0 saturated carbocycles. The normalized spacial score (nSPS) is 11.5. The molecule has 0 fully saturated rings. The first kappa shape index (κ1) is 17.5. The molecule has 2 N–H and O–H groups in total. The summed E-state index contributed by atoms with van der Waals surface area (Å²) < 4.78 is 10.4. The van der Waals surface area contributed by atoms with Crippen LogP contribution in [0.25, 0.3) is 0 Å². The molecule has 1 heterocycles. The van der Waals surface area contributed by atoms with Crippen LogP contribution in [0.3, 0.4) is 0 Å². The second-order valence-electron chi connectivity index (χ2n) is 5.27. The van der Waals surface area contributed by atoms with Gasteiger partial charge in [-0.1, -0.05) is 6.92 Å². The number of nitrogens with one attached hydrogen (secondary N) is 2. The summed E-state index contributed by atoms with van der Waals surface area (Å²) in [5.74, 6) is 1.34. The van der Waals surface area contributed by atoms with Crippen LogP contribution >= 0.6 is 0 Å². The number of anilines is 2. The quantitative estimate of drug-likeness (QED) is 0.812. The number of carbonyl (C=O) groups is 1. The summed E-state index contributed by atoms with van der Waals surface area (Å²) in [6, 6.07) is 5.44. The average molecular weight is 330 g/mol. The number of carbonyl (C=O) groups excluding carboxylic acids is 1. The Morgan fingerprint density at radius 1 is 1.21 bits per heavy atom. The minimum atomic E-state index is -0.323. The maximum Gasteiger partial charge on any atom is 0.258 e. The molecular formula is C17H22N4O3. The van der Waals surface area contributed by atoms with Crippen molar-refractivity contribution in [3.63, 3.8) is 0 Å². The van der Waals surface area contributed by atoms with Crippen molar-refractivity contribution in [2.75, 3.05) is 24.9 Å². The first-order valence-corrected chi connectivity index (χ1v) is 7.69. The van der Waals surface area contributed by atoms with Crippen LogP contribution in [0.2, 0.25) is 0 Å². The van der Waals surface area contributed by atoms with Crippen molar-refractivity contribution in [3.05, 3.63) is 36.2 Å². The molecule has 0 aliphatic carbocycles. The summed E-state index contributed by atoms with van der Waals surface area (Å²) in [5.41, 5.74) is 0.873. The van der Waals surface area contributed by atoms with Gasteiger partial charge in [0.15, 0.2) is 0 Å². The first-order valence-electron chi connectivity index (χ1n) is 7.69. The highest BCUT2D eigenvalue weighted by Gasteiger charge is 2.12. The molecule has 24 heavy (non-hydrogen) atoms. The summed E-state index contributed by atoms with van der Waals surface area (Å²) in [7, 11) is 3.10. The summed E-state index contributed by atoms with van der Waals surface area (Å²) in [6.45, 7) is 4.11. The van der Waals surface area contributed by atoms with E-state index < -0.39 is 0 Å². The largest absolute Gasteiger partial charge is 0.497 e. The Bertz CT molecular complexity index is 689. The van der Waals surface area contributed by atoms with Gasteiger partial charge < -0.3 is 20.1 Å². The van der Waals surface area contributed by atoms with Gasteiger partial charge in [-0.15, -0.1) is 0 Å². The third-order valence-corrected chi connectivity index (χ3v) is 3.56. The van der Waals surface area contributed by atoms with Crippen LogP contribution in [0.4, 0.5) is 11.6 Å². The Kier molecular flexibility index (Phi) is 5.95. The van der Waals surface area contributed by atoms with E-state index in [0.717, 1.165) is 6.42 Å². The predicted octanol–water partition coefficient (Wildman–Crippen LogP) is 2.96. The topological polar surface area (TPSA) is 85.4 Å². The number of amides is 1. The van der Waals surface area contributed by atoms with Crippen LogP contribution in [-0.2, 0) is 0 Å². The summed E-state index contributed by atoms with van der Waals surface area (Å²) in [6.07, 6.45) is 3.93.